The topological polar surface area (TPSA) is 70.8 Å². The van der Waals surface area contributed by atoms with Crippen LogP contribution in [0.15, 0.2) is 22.8 Å². The van der Waals surface area contributed by atoms with Crippen LogP contribution in [0.4, 0.5) is 0 Å². The molecule has 0 saturated heterocycles. The lowest BCUT2D eigenvalue weighted by atomic mass is 10.1. The van der Waals surface area contributed by atoms with Gasteiger partial charge in [-0.2, -0.15) is 0 Å². The van der Waals surface area contributed by atoms with Crippen LogP contribution in [0.25, 0.3) is 0 Å². The van der Waals surface area contributed by atoms with E-state index in [4.69, 9.17) is 9.52 Å². The molecule has 1 amide bonds. The first-order valence-electron chi connectivity index (χ1n) is 5.67. The number of aliphatic carboxylic acids is 1. The van der Waals surface area contributed by atoms with Crippen molar-refractivity contribution >= 4 is 11.9 Å². The normalized spacial score (nSPS) is 16.5. The molecule has 1 N–H and O–H groups in total. The number of hydrogen-bond donors (Lipinski definition) is 1. The molecule has 1 unspecified atom stereocenters. The average molecular weight is 237 g/mol. The number of nitrogens with zero attached hydrogens (tertiary/aromatic N) is 1. The molecule has 92 valence electrons. The molecule has 1 aliphatic rings. The molecule has 1 atom stereocenters. The molecule has 0 radical (unpaired) electrons. The Labute approximate surface area is 99.0 Å². The van der Waals surface area contributed by atoms with Crippen molar-refractivity contribution in [1.82, 2.24) is 4.90 Å². The first-order chi connectivity index (χ1) is 8.09. The highest BCUT2D eigenvalue weighted by molar-refractivity contribution is 5.92. The van der Waals surface area contributed by atoms with Crippen molar-refractivity contribution < 1.29 is 19.1 Å². The standard InChI is InChI=1S/C12H15NO4/c1-8(12(15)16)7-13(9-4-5-9)11(14)10-3-2-6-17-10/h2-3,6,8-9H,4-5,7H2,1H3,(H,15,16). The predicted octanol–water partition coefficient (Wildman–Crippen LogP) is 1.60. The lowest BCUT2D eigenvalue weighted by Gasteiger charge is -2.23. The Kier molecular flexibility index (Phi) is 3.17. The maximum atomic E-state index is 12.1. The van der Waals surface area contributed by atoms with E-state index in [2.05, 4.69) is 0 Å². The van der Waals surface area contributed by atoms with E-state index in [9.17, 15) is 9.59 Å². The Balaban J connectivity index is 2.07. The van der Waals surface area contributed by atoms with E-state index in [-0.39, 0.29) is 24.3 Å². The summed E-state index contributed by atoms with van der Waals surface area (Å²) in [5.74, 6) is -1.39. The SMILES string of the molecule is CC(CN(C(=O)c1ccco1)C1CC1)C(=O)O. The Morgan fingerprint density at radius 3 is 2.76 bits per heavy atom. The third-order valence-corrected chi connectivity index (χ3v) is 2.87. The molecule has 0 aliphatic heterocycles. The molecule has 1 aromatic heterocycles. The Bertz CT molecular complexity index is 408. The molecule has 1 aromatic rings. The highest BCUT2D eigenvalue weighted by Gasteiger charge is 2.35. The number of hydrogen-bond acceptors (Lipinski definition) is 3. The molecule has 0 bridgehead atoms. The van der Waals surface area contributed by atoms with Gasteiger partial charge in [0.25, 0.3) is 5.91 Å². The highest BCUT2D eigenvalue weighted by Crippen LogP contribution is 2.29. The van der Waals surface area contributed by atoms with E-state index in [0.717, 1.165) is 12.8 Å². The zero-order valence-electron chi connectivity index (χ0n) is 9.63. The van der Waals surface area contributed by atoms with Crippen molar-refractivity contribution in [3.05, 3.63) is 24.2 Å². The summed E-state index contributed by atoms with van der Waals surface area (Å²) in [6.45, 7) is 1.84. The van der Waals surface area contributed by atoms with Crippen molar-refractivity contribution in [3.63, 3.8) is 0 Å². The van der Waals surface area contributed by atoms with Gasteiger partial charge in [0.1, 0.15) is 0 Å². The van der Waals surface area contributed by atoms with E-state index >= 15 is 0 Å². The van der Waals surface area contributed by atoms with Crippen molar-refractivity contribution in [2.45, 2.75) is 25.8 Å². The van der Waals surface area contributed by atoms with E-state index in [1.165, 1.54) is 6.26 Å². The van der Waals surface area contributed by atoms with Gasteiger partial charge in [0.2, 0.25) is 0 Å². The van der Waals surface area contributed by atoms with Crippen LogP contribution < -0.4 is 0 Å². The lowest BCUT2D eigenvalue weighted by molar-refractivity contribution is -0.141. The summed E-state index contributed by atoms with van der Waals surface area (Å²) >= 11 is 0. The molecule has 5 heteroatoms. The minimum Gasteiger partial charge on any atom is -0.481 e. The van der Waals surface area contributed by atoms with Crippen LogP contribution in [-0.2, 0) is 4.79 Å². The number of furan rings is 1. The van der Waals surface area contributed by atoms with Gasteiger partial charge in [-0.3, -0.25) is 9.59 Å². The van der Waals surface area contributed by atoms with E-state index < -0.39 is 11.9 Å². The highest BCUT2D eigenvalue weighted by atomic mass is 16.4. The van der Waals surface area contributed by atoms with Gasteiger partial charge in [-0.15, -0.1) is 0 Å². The number of carbonyl (C=O) groups excluding carboxylic acids is 1. The zero-order valence-corrected chi connectivity index (χ0v) is 9.63. The fourth-order valence-electron chi connectivity index (χ4n) is 1.70. The maximum Gasteiger partial charge on any atom is 0.308 e. The van der Waals surface area contributed by atoms with E-state index in [1.54, 1.807) is 24.0 Å². The van der Waals surface area contributed by atoms with Gasteiger partial charge in [-0.1, -0.05) is 6.92 Å². The van der Waals surface area contributed by atoms with Gasteiger partial charge >= 0.3 is 5.97 Å². The first kappa shape index (κ1) is 11.7. The van der Waals surface area contributed by atoms with Crippen molar-refractivity contribution in [1.29, 1.82) is 0 Å². The van der Waals surface area contributed by atoms with Crippen molar-refractivity contribution in [2.75, 3.05) is 6.54 Å². The molecule has 2 rings (SSSR count). The zero-order chi connectivity index (χ0) is 12.4. The molecule has 1 aliphatic carbocycles. The largest absolute Gasteiger partial charge is 0.481 e. The van der Waals surface area contributed by atoms with Crippen LogP contribution in [0.2, 0.25) is 0 Å². The Hall–Kier alpha value is -1.78. The molecule has 1 fully saturated rings. The summed E-state index contributed by atoms with van der Waals surface area (Å²) in [6, 6.07) is 3.43. The van der Waals surface area contributed by atoms with Gasteiger partial charge in [-0.05, 0) is 25.0 Å². The smallest absolute Gasteiger partial charge is 0.308 e. The minimum atomic E-state index is -0.886. The maximum absolute atomic E-state index is 12.1. The molecule has 1 saturated carbocycles. The van der Waals surface area contributed by atoms with Gasteiger partial charge in [0, 0.05) is 12.6 Å². The van der Waals surface area contributed by atoms with Crippen LogP contribution in [-0.4, -0.2) is 34.5 Å². The number of carboxylic acids is 1. The Morgan fingerprint density at radius 2 is 2.29 bits per heavy atom. The van der Waals surface area contributed by atoms with Gasteiger partial charge < -0.3 is 14.4 Å². The van der Waals surface area contributed by atoms with Crippen molar-refractivity contribution in [3.8, 4) is 0 Å². The van der Waals surface area contributed by atoms with E-state index in [1.807, 2.05) is 0 Å². The summed E-state index contributed by atoms with van der Waals surface area (Å²) in [6.07, 6.45) is 3.33. The third-order valence-electron chi connectivity index (χ3n) is 2.87. The minimum absolute atomic E-state index is 0.175. The second-order valence-electron chi connectivity index (χ2n) is 4.41. The molecular formula is C12H15NO4. The quantitative estimate of drug-likeness (QED) is 0.844. The van der Waals surface area contributed by atoms with Crippen LogP contribution in [0, 0.1) is 5.92 Å². The van der Waals surface area contributed by atoms with Crippen LogP contribution >= 0.6 is 0 Å². The molecular weight excluding hydrogens is 222 g/mol. The molecule has 17 heavy (non-hydrogen) atoms. The molecule has 5 nitrogen and oxygen atoms in total. The summed E-state index contributed by atoms with van der Waals surface area (Å²) in [7, 11) is 0. The van der Waals surface area contributed by atoms with Crippen LogP contribution in [0.3, 0.4) is 0 Å². The van der Waals surface area contributed by atoms with Gasteiger partial charge in [0.15, 0.2) is 5.76 Å². The predicted molar refractivity (Wildman–Crippen MR) is 59.6 cm³/mol. The second kappa shape index (κ2) is 4.61. The number of amides is 1. The second-order valence-corrected chi connectivity index (χ2v) is 4.41. The fourth-order valence-corrected chi connectivity index (χ4v) is 1.70. The van der Waals surface area contributed by atoms with Crippen LogP contribution in [0.5, 0.6) is 0 Å². The summed E-state index contributed by atoms with van der Waals surface area (Å²) in [5, 5.41) is 8.88. The fraction of sp³-hybridized carbons (Fsp3) is 0.500. The summed E-state index contributed by atoms with van der Waals surface area (Å²) < 4.78 is 5.06. The average Bonchev–Trinajstić information content (AvgIpc) is 2.98. The monoisotopic (exact) mass is 237 g/mol. The number of carbonyl (C=O) groups is 2. The van der Waals surface area contributed by atoms with Crippen LogP contribution in [0.1, 0.15) is 30.3 Å². The van der Waals surface area contributed by atoms with Crippen molar-refractivity contribution in [2.24, 2.45) is 5.92 Å². The number of rotatable bonds is 5. The molecule has 0 spiro atoms. The number of carboxylic acid groups (broad SMARTS) is 1. The van der Waals surface area contributed by atoms with E-state index in [0.29, 0.717) is 0 Å². The Morgan fingerprint density at radius 1 is 1.59 bits per heavy atom. The van der Waals surface area contributed by atoms with Gasteiger partial charge in [-0.25, -0.2) is 0 Å². The summed E-state index contributed by atoms with van der Waals surface area (Å²) in [5.41, 5.74) is 0. The molecule has 1 heterocycles. The lowest BCUT2D eigenvalue weighted by Crippen LogP contribution is -2.38. The van der Waals surface area contributed by atoms with Gasteiger partial charge in [0.05, 0.1) is 12.2 Å². The third kappa shape index (κ3) is 2.67. The summed E-state index contributed by atoms with van der Waals surface area (Å²) in [4.78, 5) is 24.5. The molecule has 0 aromatic carbocycles. The first-order valence-corrected chi connectivity index (χ1v) is 5.67.